The molecule has 6 heteroatoms. The van der Waals surface area contributed by atoms with Crippen molar-refractivity contribution in [3.05, 3.63) is 0 Å². The predicted octanol–water partition coefficient (Wildman–Crippen LogP) is 1.02. The van der Waals surface area contributed by atoms with Gasteiger partial charge >= 0.3 is 6.09 Å². The van der Waals surface area contributed by atoms with Crippen molar-refractivity contribution in [3.63, 3.8) is 0 Å². The Morgan fingerprint density at radius 2 is 1.95 bits per heavy atom. The zero-order chi connectivity index (χ0) is 14.9. The standard InChI is InChI=1S/C14H23NO5/c1-6-8(16)7(2)14(11-10(18-11)9(6)19-14)15-12(17)20-13(3,4)5/h6-11,16H,1-5H3,(H,15,17)/t6-,7-,8-,9-,10-,11-,14+/m0/s1. The maximum atomic E-state index is 12.1. The lowest BCUT2D eigenvalue weighted by Gasteiger charge is -2.46. The molecule has 0 spiro atoms. The lowest BCUT2D eigenvalue weighted by molar-refractivity contribution is -0.231. The highest BCUT2D eigenvalue weighted by molar-refractivity contribution is 5.69. The first-order chi connectivity index (χ1) is 9.16. The van der Waals surface area contributed by atoms with Crippen LogP contribution in [0.4, 0.5) is 4.79 Å². The van der Waals surface area contributed by atoms with Gasteiger partial charge in [0.15, 0.2) is 5.72 Å². The van der Waals surface area contributed by atoms with Crippen LogP contribution < -0.4 is 5.32 Å². The number of rotatable bonds is 1. The van der Waals surface area contributed by atoms with Crippen molar-refractivity contribution in [1.82, 2.24) is 5.32 Å². The van der Waals surface area contributed by atoms with E-state index in [9.17, 15) is 9.90 Å². The van der Waals surface area contributed by atoms with E-state index in [4.69, 9.17) is 14.2 Å². The third-order valence-electron chi connectivity index (χ3n) is 4.55. The number of carbonyl (C=O) groups excluding carboxylic acids is 1. The SMILES string of the molecule is C[C@H]1[C@H](O)[C@H](C)[C@@]2(NC(=O)OC(C)(C)C)O[C@@H]1[C@@H]1O[C@@H]12. The van der Waals surface area contributed by atoms with Gasteiger partial charge in [-0.25, -0.2) is 4.79 Å². The summed E-state index contributed by atoms with van der Waals surface area (Å²) in [6.07, 6.45) is -1.45. The summed E-state index contributed by atoms with van der Waals surface area (Å²) in [6.45, 7) is 9.24. The van der Waals surface area contributed by atoms with Crippen molar-refractivity contribution in [2.24, 2.45) is 11.8 Å². The van der Waals surface area contributed by atoms with Gasteiger partial charge in [0, 0.05) is 11.8 Å². The summed E-state index contributed by atoms with van der Waals surface area (Å²) in [5.74, 6) is -0.255. The van der Waals surface area contributed by atoms with Crippen LogP contribution in [0.5, 0.6) is 0 Å². The summed E-state index contributed by atoms with van der Waals surface area (Å²) in [4.78, 5) is 12.1. The first-order valence-corrected chi connectivity index (χ1v) is 7.18. The Morgan fingerprint density at radius 3 is 2.55 bits per heavy atom. The second-order valence-electron chi connectivity index (χ2n) is 7.16. The molecule has 0 unspecified atom stereocenters. The van der Waals surface area contributed by atoms with Crippen molar-refractivity contribution in [2.75, 3.05) is 0 Å². The fourth-order valence-electron chi connectivity index (χ4n) is 3.43. The second-order valence-corrected chi connectivity index (χ2v) is 7.16. The van der Waals surface area contributed by atoms with E-state index >= 15 is 0 Å². The molecule has 0 radical (unpaired) electrons. The minimum Gasteiger partial charge on any atom is -0.444 e. The summed E-state index contributed by atoms with van der Waals surface area (Å²) < 4.78 is 17.0. The zero-order valence-electron chi connectivity index (χ0n) is 12.5. The van der Waals surface area contributed by atoms with Crippen LogP contribution in [-0.2, 0) is 14.2 Å². The Bertz CT molecular complexity index is 434. The number of hydrogen-bond acceptors (Lipinski definition) is 5. The molecule has 0 aromatic carbocycles. The molecule has 6 nitrogen and oxygen atoms in total. The van der Waals surface area contributed by atoms with Gasteiger partial charge in [-0.1, -0.05) is 13.8 Å². The van der Waals surface area contributed by atoms with Gasteiger partial charge in [-0.2, -0.15) is 0 Å². The molecule has 2 N–H and O–H groups in total. The summed E-state index contributed by atoms with van der Waals surface area (Å²) in [6, 6.07) is 0. The van der Waals surface area contributed by atoms with Gasteiger partial charge in [-0.3, -0.25) is 5.32 Å². The molecule has 0 aromatic rings. The van der Waals surface area contributed by atoms with Gasteiger partial charge in [-0.15, -0.1) is 0 Å². The van der Waals surface area contributed by atoms with Gasteiger partial charge < -0.3 is 19.3 Å². The van der Waals surface area contributed by atoms with Crippen LogP contribution >= 0.6 is 0 Å². The highest BCUT2D eigenvalue weighted by atomic mass is 16.7. The fraction of sp³-hybridized carbons (Fsp3) is 0.929. The number of ether oxygens (including phenoxy) is 3. The summed E-state index contributed by atoms with van der Waals surface area (Å²) in [5, 5.41) is 13.2. The van der Waals surface area contributed by atoms with Crippen molar-refractivity contribution >= 4 is 6.09 Å². The minimum absolute atomic E-state index is 0.00365. The Hall–Kier alpha value is -0.850. The molecule has 3 saturated heterocycles. The summed E-state index contributed by atoms with van der Waals surface area (Å²) >= 11 is 0. The number of fused-ring (bicyclic) bond motifs is 5. The first kappa shape index (κ1) is 14.1. The number of epoxide rings is 1. The second kappa shape index (κ2) is 4.08. The highest BCUT2D eigenvalue weighted by Crippen LogP contribution is 2.55. The maximum Gasteiger partial charge on any atom is 0.409 e. The Kier molecular flexibility index (Phi) is 2.88. The van der Waals surface area contributed by atoms with Crippen LogP contribution in [0.2, 0.25) is 0 Å². The molecule has 1 amide bonds. The van der Waals surface area contributed by atoms with Crippen LogP contribution in [0.3, 0.4) is 0 Å². The topological polar surface area (TPSA) is 80.3 Å². The number of amides is 1. The minimum atomic E-state index is -0.969. The largest absolute Gasteiger partial charge is 0.444 e. The molecule has 114 valence electrons. The molecule has 3 aliphatic heterocycles. The average molecular weight is 285 g/mol. The molecule has 3 aliphatic rings. The van der Waals surface area contributed by atoms with Crippen LogP contribution in [0.25, 0.3) is 0 Å². The summed E-state index contributed by atoms with van der Waals surface area (Å²) in [7, 11) is 0. The van der Waals surface area contributed by atoms with Crippen molar-refractivity contribution in [1.29, 1.82) is 0 Å². The van der Waals surface area contributed by atoms with Crippen molar-refractivity contribution in [3.8, 4) is 0 Å². The van der Waals surface area contributed by atoms with E-state index in [1.165, 1.54) is 0 Å². The van der Waals surface area contributed by atoms with Crippen LogP contribution in [0.1, 0.15) is 34.6 Å². The predicted molar refractivity (Wildman–Crippen MR) is 70.0 cm³/mol. The normalized spacial score (nSPS) is 49.5. The van der Waals surface area contributed by atoms with E-state index in [0.717, 1.165) is 0 Å². The monoisotopic (exact) mass is 285 g/mol. The van der Waals surface area contributed by atoms with Gasteiger partial charge in [-0.05, 0) is 20.8 Å². The quantitative estimate of drug-likeness (QED) is 0.703. The van der Waals surface area contributed by atoms with E-state index in [0.29, 0.717) is 0 Å². The lowest BCUT2D eigenvalue weighted by atomic mass is 9.83. The van der Waals surface area contributed by atoms with Crippen molar-refractivity contribution in [2.45, 2.75) is 70.4 Å². The van der Waals surface area contributed by atoms with E-state index < -0.39 is 23.5 Å². The van der Waals surface area contributed by atoms with Crippen LogP contribution in [0, 0.1) is 11.8 Å². The Morgan fingerprint density at radius 1 is 1.30 bits per heavy atom. The Labute approximate surface area is 118 Å². The molecular weight excluding hydrogens is 262 g/mol. The Balaban J connectivity index is 1.79. The smallest absolute Gasteiger partial charge is 0.409 e. The third kappa shape index (κ3) is 1.93. The number of carbonyl (C=O) groups is 1. The lowest BCUT2D eigenvalue weighted by Crippen LogP contribution is -2.65. The number of aliphatic hydroxyl groups is 1. The van der Waals surface area contributed by atoms with Gasteiger partial charge in [0.2, 0.25) is 0 Å². The molecule has 0 aliphatic carbocycles. The highest BCUT2D eigenvalue weighted by Gasteiger charge is 2.74. The average Bonchev–Trinajstić information content (AvgIpc) is 3.04. The molecule has 3 fully saturated rings. The number of nitrogens with one attached hydrogen (secondary N) is 1. The van der Waals surface area contributed by atoms with Gasteiger partial charge in [0.25, 0.3) is 0 Å². The van der Waals surface area contributed by atoms with Crippen molar-refractivity contribution < 1.29 is 24.1 Å². The van der Waals surface area contributed by atoms with E-state index in [-0.39, 0.29) is 30.1 Å². The zero-order valence-corrected chi connectivity index (χ0v) is 12.5. The molecule has 2 bridgehead atoms. The van der Waals surface area contributed by atoms with Crippen LogP contribution in [0.15, 0.2) is 0 Å². The number of hydrogen-bond donors (Lipinski definition) is 2. The van der Waals surface area contributed by atoms with E-state index in [2.05, 4.69) is 5.32 Å². The molecule has 0 aromatic heterocycles. The number of aliphatic hydroxyl groups excluding tert-OH is 1. The van der Waals surface area contributed by atoms with E-state index in [1.54, 1.807) is 20.8 Å². The summed E-state index contributed by atoms with van der Waals surface area (Å²) in [5.41, 5.74) is -1.55. The fourth-order valence-corrected chi connectivity index (χ4v) is 3.43. The molecule has 3 rings (SSSR count). The molecule has 20 heavy (non-hydrogen) atoms. The van der Waals surface area contributed by atoms with Gasteiger partial charge in [0.05, 0.1) is 12.2 Å². The number of alkyl carbamates (subject to hydrolysis) is 1. The maximum absolute atomic E-state index is 12.1. The van der Waals surface area contributed by atoms with E-state index in [1.807, 2.05) is 13.8 Å². The van der Waals surface area contributed by atoms with Crippen LogP contribution in [-0.4, -0.2) is 46.9 Å². The van der Waals surface area contributed by atoms with Gasteiger partial charge in [0.1, 0.15) is 17.8 Å². The molecule has 7 atom stereocenters. The third-order valence-corrected chi connectivity index (χ3v) is 4.55. The first-order valence-electron chi connectivity index (χ1n) is 7.18. The molecular formula is C14H23NO5. The molecule has 0 saturated carbocycles. The molecule has 3 heterocycles.